The molecule has 0 radical (unpaired) electrons. The van der Waals surface area contributed by atoms with Gasteiger partial charge in [0.15, 0.2) is 0 Å². The monoisotopic (exact) mass is 315 g/mol. The van der Waals surface area contributed by atoms with Gasteiger partial charge < -0.3 is 5.32 Å². The lowest BCUT2D eigenvalue weighted by molar-refractivity contribution is 0.628. The highest BCUT2D eigenvalue weighted by atomic mass is 32.1. The molecular formula is C17H18FN3S. The Labute approximate surface area is 133 Å². The summed E-state index contributed by atoms with van der Waals surface area (Å²) in [5.74, 6) is 0.634. The summed E-state index contributed by atoms with van der Waals surface area (Å²) in [6, 6.07) is 6.95. The molecule has 0 fully saturated rings. The fraction of sp³-hybridized carbons (Fsp3) is 0.294. The molecule has 1 N–H and O–H groups in total. The molecule has 2 aromatic heterocycles. The minimum atomic E-state index is -0.227. The minimum absolute atomic E-state index is 0.227. The van der Waals surface area contributed by atoms with Gasteiger partial charge in [0, 0.05) is 17.0 Å². The predicted molar refractivity (Wildman–Crippen MR) is 90.8 cm³/mol. The van der Waals surface area contributed by atoms with Crippen molar-refractivity contribution in [3.8, 4) is 11.1 Å². The van der Waals surface area contributed by atoms with Gasteiger partial charge in [0.25, 0.3) is 0 Å². The van der Waals surface area contributed by atoms with Crippen LogP contribution >= 0.6 is 11.3 Å². The molecule has 114 valence electrons. The summed E-state index contributed by atoms with van der Waals surface area (Å²) in [6.07, 6.45) is 3.67. The quantitative estimate of drug-likeness (QED) is 0.712. The molecule has 5 heteroatoms. The molecular weight excluding hydrogens is 297 g/mol. The zero-order valence-electron chi connectivity index (χ0n) is 12.6. The molecule has 22 heavy (non-hydrogen) atoms. The largest absolute Gasteiger partial charge is 0.367 e. The van der Waals surface area contributed by atoms with Crippen molar-refractivity contribution >= 4 is 27.4 Å². The molecule has 0 unspecified atom stereocenters. The molecule has 3 rings (SSSR count). The second-order valence-electron chi connectivity index (χ2n) is 5.22. The topological polar surface area (TPSA) is 37.8 Å². The van der Waals surface area contributed by atoms with Gasteiger partial charge >= 0.3 is 0 Å². The van der Waals surface area contributed by atoms with Gasteiger partial charge in [0.2, 0.25) is 0 Å². The van der Waals surface area contributed by atoms with Crippen LogP contribution in [0.3, 0.4) is 0 Å². The van der Waals surface area contributed by atoms with Crippen molar-refractivity contribution in [2.24, 2.45) is 0 Å². The third-order valence-electron chi connectivity index (χ3n) is 3.85. The molecule has 0 aliphatic carbocycles. The van der Waals surface area contributed by atoms with Crippen molar-refractivity contribution in [2.45, 2.75) is 32.7 Å². The molecule has 1 aromatic carbocycles. The van der Waals surface area contributed by atoms with Gasteiger partial charge in [-0.1, -0.05) is 26.0 Å². The van der Waals surface area contributed by atoms with E-state index in [2.05, 4.69) is 34.5 Å². The van der Waals surface area contributed by atoms with Gasteiger partial charge in [-0.25, -0.2) is 14.4 Å². The maximum atomic E-state index is 13.2. The van der Waals surface area contributed by atoms with E-state index in [9.17, 15) is 4.39 Å². The highest BCUT2D eigenvalue weighted by Gasteiger charge is 2.15. The van der Waals surface area contributed by atoms with Crippen LogP contribution in [0.25, 0.3) is 21.3 Å². The van der Waals surface area contributed by atoms with E-state index in [0.717, 1.165) is 40.0 Å². The number of benzene rings is 1. The predicted octanol–water partition coefficient (Wildman–Crippen LogP) is 5.10. The normalized spacial score (nSPS) is 11.3. The fourth-order valence-corrected chi connectivity index (χ4v) is 3.43. The number of hydrogen-bond acceptors (Lipinski definition) is 4. The van der Waals surface area contributed by atoms with Gasteiger partial charge in [-0.2, -0.15) is 0 Å². The molecule has 3 aromatic rings. The van der Waals surface area contributed by atoms with Crippen molar-refractivity contribution < 1.29 is 4.39 Å². The van der Waals surface area contributed by atoms with E-state index >= 15 is 0 Å². The molecule has 0 saturated heterocycles. The average Bonchev–Trinajstić information content (AvgIpc) is 2.98. The first-order chi connectivity index (χ1) is 10.7. The summed E-state index contributed by atoms with van der Waals surface area (Å²) in [5, 5.41) is 6.59. The lowest BCUT2D eigenvalue weighted by atomic mass is 10.1. The SMILES string of the molecule is CCC(CC)Nc1ncnc2scc(-c3ccc(F)cc3)c12. The van der Waals surface area contributed by atoms with E-state index in [1.165, 1.54) is 12.1 Å². The van der Waals surface area contributed by atoms with Crippen molar-refractivity contribution in [1.82, 2.24) is 9.97 Å². The Hall–Kier alpha value is -2.01. The Balaban J connectivity index is 2.10. The van der Waals surface area contributed by atoms with Crippen LogP contribution in [0.1, 0.15) is 26.7 Å². The van der Waals surface area contributed by atoms with Crippen molar-refractivity contribution in [3.63, 3.8) is 0 Å². The first-order valence-electron chi connectivity index (χ1n) is 7.47. The van der Waals surface area contributed by atoms with Crippen molar-refractivity contribution in [2.75, 3.05) is 5.32 Å². The Morgan fingerprint density at radius 2 is 1.86 bits per heavy atom. The molecule has 0 bridgehead atoms. The second kappa shape index (κ2) is 6.40. The van der Waals surface area contributed by atoms with Crippen molar-refractivity contribution in [3.05, 3.63) is 41.8 Å². The summed E-state index contributed by atoms with van der Waals surface area (Å²) in [4.78, 5) is 9.73. The third kappa shape index (κ3) is 2.81. The number of anilines is 1. The minimum Gasteiger partial charge on any atom is -0.367 e. The molecule has 0 atom stereocenters. The lowest BCUT2D eigenvalue weighted by Gasteiger charge is -2.16. The van der Waals surface area contributed by atoms with Gasteiger partial charge in [0.05, 0.1) is 5.39 Å². The highest BCUT2D eigenvalue weighted by molar-refractivity contribution is 7.17. The molecule has 0 aliphatic heterocycles. The Morgan fingerprint density at radius 1 is 1.14 bits per heavy atom. The maximum Gasteiger partial charge on any atom is 0.139 e. The van der Waals surface area contributed by atoms with Gasteiger partial charge in [0.1, 0.15) is 22.8 Å². The Bertz CT molecular complexity index is 763. The molecule has 2 heterocycles. The van der Waals surface area contributed by atoms with Gasteiger partial charge in [-0.15, -0.1) is 11.3 Å². The van der Waals surface area contributed by atoms with Crippen LogP contribution in [-0.4, -0.2) is 16.0 Å². The van der Waals surface area contributed by atoms with E-state index in [0.29, 0.717) is 6.04 Å². The Morgan fingerprint density at radius 3 is 2.55 bits per heavy atom. The first-order valence-corrected chi connectivity index (χ1v) is 8.35. The number of thiophene rings is 1. The standard InChI is InChI=1S/C17H18FN3S/c1-3-13(4-2)21-16-15-14(9-22-17(15)20-10-19-16)11-5-7-12(18)8-6-11/h5-10,13H,3-4H2,1-2H3,(H,19,20,21). The van der Waals surface area contributed by atoms with Crippen molar-refractivity contribution in [1.29, 1.82) is 0 Å². The summed E-state index contributed by atoms with van der Waals surface area (Å²) >= 11 is 1.58. The summed E-state index contributed by atoms with van der Waals surface area (Å²) < 4.78 is 13.2. The number of fused-ring (bicyclic) bond motifs is 1. The number of nitrogens with zero attached hydrogens (tertiary/aromatic N) is 2. The number of aromatic nitrogens is 2. The zero-order valence-corrected chi connectivity index (χ0v) is 13.5. The Kier molecular flexibility index (Phi) is 4.34. The summed E-state index contributed by atoms with van der Waals surface area (Å²) in [7, 11) is 0. The summed E-state index contributed by atoms with van der Waals surface area (Å²) in [6.45, 7) is 4.32. The maximum absolute atomic E-state index is 13.2. The molecule has 0 aliphatic rings. The molecule has 0 amide bonds. The first kappa shape index (κ1) is 14.9. The second-order valence-corrected chi connectivity index (χ2v) is 6.07. The van der Waals surface area contributed by atoms with Gasteiger partial charge in [-0.05, 0) is 30.5 Å². The van der Waals surface area contributed by atoms with Crippen LogP contribution in [0, 0.1) is 5.82 Å². The summed E-state index contributed by atoms with van der Waals surface area (Å²) in [5.41, 5.74) is 2.03. The molecule has 0 spiro atoms. The number of nitrogens with one attached hydrogen (secondary N) is 1. The van der Waals surface area contributed by atoms with E-state index in [1.54, 1.807) is 29.8 Å². The smallest absolute Gasteiger partial charge is 0.139 e. The third-order valence-corrected chi connectivity index (χ3v) is 4.74. The van der Waals surface area contributed by atoms with Crippen LogP contribution < -0.4 is 5.32 Å². The number of rotatable bonds is 5. The molecule has 3 nitrogen and oxygen atoms in total. The van der Waals surface area contributed by atoms with Crippen LogP contribution in [-0.2, 0) is 0 Å². The van der Waals surface area contributed by atoms with Crippen LogP contribution in [0.5, 0.6) is 0 Å². The average molecular weight is 315 g/mol. The van der Waals surface area contributed by atoms with E-state index < -0.39 is 0 Å². The van der Waals surface area contributed by atoms with E-state index in [1.807, 2.05) is 0 Å². The lowest BCUT2D eigenvalue weighted by Crippen LogP contribution is -2.18. The van der Waals surface area contributed by atoms with E-state index in [-0.39, 0.29) is 5.82 Å². The van der Waals surface area contributed by atoms with Gasteiger partial charge in [-0.3, -0.25) is 0 Å². The zero-order chi connectivity index (χ0) is 15.5. The van der Waals surface area contributed by atoms with E-state index in [4.69, 9.17) is 0 Å². The van der Waals surface area contributed by atoms with Crippen LogP contribution in [0.2, 0.25) is 0 Å². The van der Waals surface area contributed by atoms with Crippen LogP contribution in [0.15, 0.2) is 36.0 Å². The molecule has 0 saturated carbocycles. The number of hydrogen-bond donors (Lipinski definition) is 1. The fourth-order valence-electron chi connectivity index (χ4n) is 2.51. The van der Waals surface area contributed by atoms with Crippen LogP contribution in [0.4, 0.5) is 10.2 Å². The highest BCUT2D eigenvalue weighted by Crippen LogP contribution is 2.36. The number of halogens is 1.